The van der Waals surface area contributed by atoms with Crippen molar-refractivity contribution in [2.24, 2.45) is 0 Å². The molecule has 2 saturated heterocycles. The Kier molecular flexibility index (Phi) is 5.87. The van der Waals surface area contributed by atoms with E-state index in [1.54, 1.807) is 24.3 Å². The van der Waals surface area contributed by atoms with Crippen LogP contribution >= 0.6 is 0 Å². The predicted octanol–water partition coefficient (Wildman–Crippen LogP) is 4.66. The first-order valence-corrected chi connectivity index (χ1v) is 13.0. The predicted molar refractivity (Wildman–Crippen MR) is 129 cm³/mol. The van der Waals surface area contributed by atoms with E-state index < -0.39 is 20.2 Å². The number of piperidine rings is 1. The van der Waals surface area contributed by atoms with Gasteiger partial charge in [0.1, 0.15) is 0 Å². The summed E-state index contributed by atoms with van der Waals surface area (Å²) in [6, 6.07) is 29.5. The lowest BCUT2D eigenvalue weighted by Crippen LogP contribution is -2.72. The van der Waals surface area contributed by atoms with Crippen molar-refractivity contribution >= 4 is 9.84 Å². The summed E-state index contributed by atoms with van der Waals surface area (Å²) in [6.07, 6.45) is 2.93. The second-order valence-electron chi connectivity index (χ2n) is 9.02. The summed E-state index contributed by atoms with van der Waals surface area (Å²) in [5, 5.41) is 0. The normalized spacial score (nSPS) is 27.5. The monoisotopic (exact) mass is 462 g/mol. The van der Waals surface area contributed by atoms with Gasteiger partial charge in [0.05, 0.1) is 17.5 Å². The third kappa shape index (κ3) is 3.36. The number of fused-ring (bicyclic) bond motifs is 2. The molecule has 3 atom stereocenters. The minimum Gasteiger partial charge on any atom is -0.303 e. The molecule has 0 amide bonds. The van der Waals surface area contributed by atoms with Gasteiger partial charge in [0.15, 0.2) is 4.87 Å². The van der Waals surface area contributed by atoms with E-state index in [2.05, 4.69) is 34.6 Å². The molecule has 0 aliphatic carbocycles. The molecule has 2 heterocycles. The van der Waals surface area contributed by atoms with E-state index >= 15 is 0 Å². The van der Waals surface area contributed by atoms with Crippen molar-refractivity contribution in [1.82, 2.24) is 10.4 Å². The van der Waals surface area contributed by atoms with Gasteiger partial charge in [-0.15, -0.1) is 0 Å². The molecule has 33 heavy (non-hydrogen) atoms. The largest absolute Gasteiger partial charge is 0.303 e. The Labute approximate surface area is 196 Å². The molecule has 5 rings (SSSR count). The molecule has 3 aromatic rings. The topological polar surface area (TPSA) is 58.6 Å². The first kappa shape index (κ1) is 22.3. The Hall–Kier alpha value is -2.51. The Bertz CT molecular complexity index is 1190. The third-order valence-electron chi connectivity index (χ3n) is 7.49. The summed E-state index contributed by atoms with van der Waals surface area (Å²) in [5.74, 6) is 0. The van der Waals surface area contributed by atoms with Gasteiger partial charge in [-0.05, 0) is 48.9 Å². The molecule has 2 aliphatic heterocycles. The average Bonchev–Trinajstić information content (AvgIpc) is 3.12. The molecule has 0 spiro atoms. The van der Waals surface area contributed by atoms with Crippen LogP contribution in [-0.2, 0) is 26.8 Å². The van der Waals surface area contributed by atoms with Crippen LogP contribution in [0.15, 0.2) is 95.9 Å². The number of sulfone groups is 1. The highest BCUT2D eigenvalue weighted by Gasteiger charge is 2.69. The van der Waals surface area contributed by atoms with Gasteiger partial charge in [-0.25, -0.2) is 8.42 Å². The fourth-order valence-electron chi connectivity index (χ4n) is 6.11. The third-order valence-corrected chi connectivity index (χ3v) is 9.93. The number of nitrogens with zero attached hydrogens (tertiary/aromatic N) is 1. The van der Waals surface area contributed by atoms with E-state index in [4.69, 9.17) is 4.84 Å². The molecule has 3 unspecified atom stereocenters. The molecular weight excluding hydrogens is 432 g/mol. The van der Waals surface area contributed by atoms with Gasteiger partial charge in [-0.1, -0.05) is 78.9 Å². The highest BCUT2D eigenvalue weighted by molar-refractivity contribution is 7.92. The van der Waals surface area contributed by atoms with Gasteiger partial charge < -0.3 is 4.84 Å². The van der Waals surface area contributed by atoms with Crippen LogP contribution in [0.25, 0.3) is 0 Å². The number of hydrogen-bond acceptors (Lipinski definition) is 5. The van der Waals surface area contributed by atoms with Crippen molar-refractivity contribution in [3.63, 3.8) is 0 Å². The van der Waals surface area contributed by atoms with E-state index in [9.17, 15) is 8.42 Å². The minimum absolute atomic E-state index is 0.308. The Morgan fingerprint density at radius 1 is 0.879 bits per heavy atom. The zero-order valence-electron chi connectivity index (χ0n) is 18.9. The van der Waals surface area contributed by atoms with Crippen molar-refractivity contribution < 1.29 is 13.3 Å². The molecule has 2 bridgehead atoms. The van der Waals surface area contributed by atoms with E-state index in [1.165, 1.54) is 12.7 Å². The second kappa shape index (κ2) is 8.69. The standard InChI is InChI=1S/C27H30N2O3S/c1-32-28-27(33(30,31)25-15-9-4-10-16-25)20-18-24-17-19-26(27,23-13-7-3-8-14-23)29(24)21-22-11-5-2-6-12-22/h2-16,24,28H,17-21H2,1H3. The summed E-state index contributed by atoms with van der Waals surface area (Å²) < 4.78 is 29.0. The number of nitrogens with one attached hydrogen (secondary N) is 1. The van der Waals surface area contributed by atoms with Crippen molar-refractivity contribution in [2.75, 3.05) is 7.11 Å². The number of benzene rings is 3. The highest BCUT2D eigenvalue weighted by Crippen LogP contribution is 2.59. The molecule has 0 saturated carbocycles. The van der Waals surface area contributed by atoms with Crippen LogP contribution in [0.4, 0.5) is 0 Å². The van der Waals surface area contributed by atoms with Gasteiger partial charge in [0, 0.05) is 12.6 Å². The van der Waals surface area contributed by atoms with Gasteiger partial charge in [-0.2, -0.15) is 5.48 Å². The summed E-state index contributed by atoms with van der Waals surface area (Å²) in [7, 11) is -2.31. The quantitative estimate of drug-likeness (QED) is 0.518. The number of hydroxylamine groups is 1. The molecule has 5 nitrogen and oxygen atoms in total. The van der Waals surface area contributed by atoms with Crippen LogP contribution in [0.2, 0.25) is 0 Å². The molecule has 172 valence electrons. The highest BCUT2D eigenvalue weighted by atomic mass is 32.2. The summed E-state index contributed by atoms with van der Waals surface area (Å²) >= 11 is 0. The van der Waals surface area contributed by atoms with E-state index in [0.717, 1.165) is 24.8 Å². The van der Waals surface area contributed by atoms with Gasteiger partial charge in [-0.3, -0.25) is 4.90 Å². The molecular formula is C27H30N2O3S. The zero-order chi connectivity index (χ0) is 22.9. The van der Waals surface area contributed by atoms with E-state index in [-0.39, 0.29) is 0 Å². The SMILES string of the molecule is CONC1(S(=O)(=O)c2ccccc2)CCC2CCC1(c1ccccc1)N2Cc1ccccc1. The van der Waals surface area contributed by atoms with Crippen molar-refractivity contribution in [3.05, 3.63) is 102 Å². The second-order valence-corrected chi connectivity index (χ2v) is 11.2. The van der Waals surface area contributed by atoms with Crippen molar-refractivity contribution in [3.8, 4) is 0 Å². The summed E-state index contributed by atoms with van der Waals surface area (Å²) in [6.45, 7) is 0.678. The van der Waals surface area contributed by atoms with Crippen LogP contribution in [0.5, 0.6) is 0 Å². The van der Waals surface area contributed by atoms with Crippen LogP contribution in [0.3, 0.4) is 0 Å². The Balaban J connectivity index is 1.76. The first-order chi connectivity index (χ1) is 16.0. The van der Waals surface area contributed by atoms with Crippen molar-refractivity contribution in [2.45, 2.75) is 53.6 Å². The van der Waals surface area contributed by atoms with Crippen LogP contribution in [0.1, 0.15) is 36.8 Å². The number of rotatable bonds is 7. The van der Waals surface area contributed by atoms with Crippen LogP contribution in [0, 0.1) is 0 Å². The maximum atomic E-state index is 14.5. The smallest absolute Gasteiger partial charge is 0.201 e. The Morgan fingerprint density at radius 2 is 1.45 bits per heavy atom. The summed E-state index contributed by atoms with van der Waals surface area (Å²) in [4.78, 5) is 6.94. The maximum Gasteiger partial charge on any atom is 0.201 e. The first-order valence-electron chi connectivity index (χ1n) is 11.5. The molecule has 6 heteroatoms. The van der Waals surface area contributed by atoms with E-state index in [0.29, 0.717) is 23.9 Å². The lowest BCUT2D eigenvalue weighted by atomic mass is 9.76. The van der Waals surface area contributed by atoms with Crippen LogP contribution in [-0.4, -0.2) is 31.3 Å². The number of hydrogen-bond donors (Lipinski definition) is 1. The molecule has 1 N–H and O–H groups in total. The molecule has 0 aromatic heterocycles. The van der Waals surface area contributed by atoms with Gasteiger partial charge in [0.25, 0.3) is 0 Å². The lowest BCUT2D eigenvalue weighted by Gasteiger charge is -2.56. The maximum absolute atomic E-state index is 14.5. The Morgan fingerprint density at radius 3 is 2.09 bits per heavy atom. The van der Waals surface area contributed by atoms with Gasteiger partial charge in [0.2, 0.25) is 9.84 Å². The van der Waals surface area contributed by atoms with E-state index in [1.807, 2.05) is 42.5 Å². The molecule has 2 aliphatic rings. The fourth-order valence-corrected chi connectivity index (χ4v) is 8.39. The average molecular weight is 463 g/mol. The zero-order valence-corrected chi connectivity index (χ0v) is 19.7. The van der Waals surface area contributed by atoms with Crippen molar-refractivity contribution in [1.29, 1.82) is 0 Å². The van der Waals surface area contributed by atoms with Gasteiger partial charge >= 0.3 is 0 Å². The molecule has 3 aromatic carbocycles. The minimum atomic E-state index is -3.83. The molecule has 0 radical (unpaired) electrons. The summed E-state index contributed by atoms with van der Waals surface area (Å²) in [5.41, 5.74) is 4.49. The lowest BCUT2D eigenvalue weighted by molar-refractivity contribution is -0.0744. The molecule has 2 fully saturated rings. The fraction of sp³-hybridized carbons (Fsp3) is 0.333. The van der Waals surface area contributed by atoms with Crippen LogP contribution < -0.4 is 5.48 Å².